The maximum atomic E-state index is 11.3. The zero-order valence-corrected chi connectivity index (χ0v) is 13.8. The second-order valence-corrected chi connectivity index (χ2v) is 5.34. The minimum absolute atomic E-state index is 0.0337. The van der Waals surface area contributed by atoms with Gasteiger partial charge in [-0.1, -0.05) is 18.1 Å². The van der Waals surface area contributed by atoms with Gasteiger partial charge in [-0.15, -0.1) is 6.42 Å². The lowest BCUT2D eigenvalue weighted by molar-refractivity contribution is -0.136. The van der Waals surface area contributed by atoms with Gasteiger partial charge in [0.05, 0.1) is 4.47 Å². The van der Waals surface area contributed by atoms with Crippen molar-refractivity contribution in [3.05, 3.63) is 64.4 Å². The molecule has 0 fully saturated rings. The molecule has 0 aliphatic rings. The molecule has 0 spiro atoms. The number of ether oxygens (including phenoxy) is 2. The summed E-state index contributed by atoms with van der Waals surface area (Å²) in [4.78, 5) is 15.4. The van der Waals surface area contributed by atoms with Crippen LogP contribution in [0.3, 0.4) is 0 Å². The average Bonchev–Trinajstić information content (AvgIpc) is 2.58. The lowest BCUT2D eigenvalue weighted by atomic mass is 10.2. The summed E-state index contributed by atoms with van der Waals surface area (Å²) >= 11 is 3.45. The van der Waals surface area contributed by atoms with Gasteiger partial charge in [0.25, 0.3) is 0 Å². The standard InChI is InChI=1S/C18H14BrNO3/c1-2-10-22-18(21)8-6-14-5-7-17(16(19)11-14)23-13-15-4-3-9-20-12-15/h1,3-9,11-12H,10,13H2/b8-6+. The van der Waals surface area contributed by atoms with Gasteiger partial charge in [-0.2, -0.15) is 0 Å². The van der Waals surface area contributed by atoms with Crippen molar-refractivity contribution in [1.29, 1.82) is 0 Å². The number of nitrogens with zero attached hydrogens (tertiary/aromatic N) is 1. The Morgan fingerprint density at radius 2 is 2.26 bits per heavy atom. The molecule has 116 valence electrons. The Hall–Kier alpha value is -2.58. The van der Waals surface area contributed by atoms with E-state index < -0.39 is 5.97 Å². The molecule has 0 bridgehead atoms. The van der Waals surface area contributed by atoms with Crippen LogP contribution in [0.25, 0.3) is 6.08 Å². The summed E-state index contributed by atoms with van der Waals surface area (Å²) in [5.41, 5.74) is 1.82. The molecule has 4 nitrogen and oxygen atoms in total. The number of carbonyl (C=O) groups is 1. The predicted octanol–water partition coefficient (Wildman–Crippen LogP) is 3.61. The van der Waals surface area contributed by atoms with E-state index in [1.807, 2.05) is 30.3 Å². The van der Waals surface area contributed by atoms with Crippen LogP contribution in [0.2, 0.25) is 0 Å². The lowest BCUT2D eigenvalue weighted by Crippen LogP contribution is -2.00. The van der Waals surface area contributed by atoms with E-state index in [-0.39, 0.29) is 6.61 Å². The van der Waals surface area contributed by atoms with E-state index in [4.69, 9.17) is 15.9 Å². The van der Waals surface area contributed by atoms with Gasteiger partial charge in [-0.25, -0.2) is 4.79 Å². The van der Waals surface area contributed by atoms with Gasteiger partial charge in [0.1, 0.15) is 12.4 Å². The summed E-state index contributed by atoms with van der Waals surface area (Å²) in [5.74, 6) is 2.47. The van der Waals surface area contributed by atoms with E-state index in [0.29, 0.717) is 12.4 Å². The normalized spacial score (nSPS) is 10.3. The van der Waals surface area contributed by atoms with Gasteiger partial charge in [-0.3, -0.25) is 4.98 Å². The van der Waals surface area contributed by atoms with Gasteiger partial charge >= 0.3 is 5.97 Å². The van der Waals surface area contributed by atoms with Crippen LogP contribution in [0.4, 0.5) is 0 Å². The van der Waals surface area contributed by atoms with E-state index in [1.165, 1.54) is 6.08 Å². The summed E-state index contributed by atoms with van der Waals surface area (Å²) < 4.78 is 11.3. The molecule has 0 saturated carbocycles. The Kier molecular flexibility index (Phi) is 6.40. The van der Waals surface area contributed by atoms with E-state index in [2.05, 4.69) is 26.8 Å². The van der Waals surface area contributed by atoms with Gasteiger partial charge in [0.2, 0.25) is 0 Å². The molecule has 0 aliphatic carbocycles. The summed E-state index contributed by atoms with van der Waals surface area (Å²) in [6.07, 6.45) is 11.5. The number of aromatic nitrogens is 1. The van der Waals surface area contributed by atoms with Gasteiger partial charge < -0.3 is 9.47 Å². The Morgan fingerprint density at radius 3 is 2.96 bits per heavy atom. The highest BCUT2D eigenvalue weighted by Crippen LogP contribution is 2.27. The predicted molar refractivity (Wildman–Crippen MR) is 91.5 cm³/mol. The monoisotopic (exact) mass is 371 g/mol. The van der Waals surface area contributed by atoms with Crippen molar-refractivity contribution >= 4 is 28.0 Å². The van der Waals surface area contributed by atoms with Crippen molar-refractivity contribution in [2.75, 3.05) is 6.61 Å². The molecule has 0 N–H and O–H groups in total. The number of pyridine rings is 1. The third-order valence-corrected chi connectivity index (χ3v) is 3.40. The second kappa shape index (κ2) is 8.76. The van der Waals surface area contributed by atoms with Crippen molar-refractivity contribution < 1.29 is 14.3 Å². The number of rotatable bonds is 6. The summed E-state index contributed by atoms with van der Waals surface area (Å²) in [6, 6.07) is 9.32. The number of carbonyl (C=O) groups excluding carboxylic acids is 1. The summed E-state index contributed by atoms with van der Waals surface area (Å²) in [6.45, 7) is 0.397. The van der Waals surface area contributed by atoms with Crippen LogP contribution in [0, 0.1) is 12.3 Å². The molecular weight excluding hydrogens is 358 g/mol. The molecule has 0 amide bonds. The molecule has 1 aromatic carbocycles. The Balaban J connectivity index is 1.96. The molecule has 0 unspecified atom stereocenters. The quantitative estimate of drug-likeness (QED) is 0.442. The molecule has 0 saturated heterocycles. The van der Waals surface area contributed by atoms with Crippen molar-refractivity contribution in [3.63, 3.8) is 0 Å². The maximum absolute atomic E-state index is 11.3. The van der Waals surface area contributed by atoms with E-state index in [0.717, 1.165) is 15.6 Å². The van der Waals surface area contributed by atoms with E-state index in [1.54, 1.807) is 18.5 Å². The van der Waals surface area contributed by atoms with Gasteiger partial charge in [-0.05, 0) is 45.8 Å². The molecular formula is C18H14BrNO3. The molecule has 0 atom stereocenters. The van der Waals surface area contributed by atoms with Crippen LogP contribution >= 0.6 is 15.9 Å². The fourth-order valence-electron chi connectivity index (χ4n) is 1.71. The van der Waals surface area contributed by atoms with Gasteiger partial charge in [0.15, 0.2) is 6.61 Å². The molecule has 1 heterocycles. The topological polar surface area (TPSA) is 48.4 Å². The average molecular weight is 372 g/mol. The van der Waals surface area contributed by atoms with Crippen LogP contribution in [0.1, 0.15) is 11.1 Å². The highest BCUT2D eigenvalue weighted by Gasteiger charge is 2.03. The fourth-order valence-corrected chi connectivity index (χ4v) is 2.22. The van der Waals surface area contributed by atoms with Gasteiger partial charge in [0, 0.05) is 24.0 Å². The molecule has 0 aliphatic heterocycles. The van der Waals surface area contributed by atoms with Crippen LogP contribution in [-0.4, -0.2) is 17.6 Å². The lowest BCUT2D eigenvalue weighted by Gasteiger charge is -2.08. The van der Waals surface area contributed by atoms with E-state index in [9.17, 15) is 4.79 Å². The molecule has 0 radical (unpaired) electrons. The maximum Gasteiger partial charge on any atom is 0.331 e. The number of halogens is 1. The molecule has 5 heteroatoms. The Bertz CT molecular complexity index is 736. The zero-order valence-electron chi connectivity index (χ0n) is 12.2. The highest BCUT2D eigenvalue weighted by atomic mass is 79.9. The largest absolute Gasteiger partial charge is 0.488 e. The molecule has 1 aromatic heterocycles. The Labute approximate surface area is 143 Å². The molecule has 2 aromatic rings. The van der Waals surface area contributed by atoms with Crippen LogP contribution in [-0.2, 0) is 16.1 Å². The second-order valence-electron chi connectivity index (χ2n) is 4.48. The van der Waals surface area contributed by atoms with Crippen LogP contribution in [0.5, 0.6) is 5.75 Å². The minimum atomic E-state index is -0.476. The smallest absolute Gasteiger partial charge is 0.331 e. The minimum Gasteiger partial charge on any atom is -0.488 e. The number of esters is 1. The first-order valence-electron chi connectivity index (χ1n) is 6.78. The van der Waals surface area contributed by atoms with Crippen molar-refractivity contribution in [3.8, 4) is 18.1 Å². The van der Waals surface area contributed by atoms with Crippen LogP contribution < -0.4 is 4.74 Å². The van der Waals surface area contributed by atoms with E-state index >= 15 is 0 Å². The third-order valence-electron chi connectivity index (χ3n) is 2.78. The molecule has 2 rings (SSSR count). The van der Waals surface area contributed by atoms with Crippen molar-refractivity contribution in [2.24, 2.45) is 0 Å². The number of benzene rings is 1. The zero-order chi connectivity index (χ0) is 16.5. The summed E-state index contributed by atoms with van der Waals surface area (Å²) in [7, 11) is 0. The first-order chi connectivity index (χ1) is 11.2. The number of terminal acetylenes is 1. The Morgan fingerprint density at radius 1 is 1.39 bits per heavy atom. The third kappa shape index (κ3) is 5.61. The fraction of sp³-hybridized carbons (Fsp3) is 0.111. The van der Waals surface area contributed by atoms with Crippen molar-refractivity contribution in [2.45, 2.75) is 6.61 Å². The van der Waals surface area contributed by atoms with Crippen LogP contribution in [0.15, 0.2) is 53.3 Å². The SMILES string of the molecule is C#CCOC(=O)/C=C/c1ccc(OCc2cccnc2)c(Br)c1. The van der Waals surface area contributed by atoms with Crippen molar-refractivity contribution in [1.82, 2.24) is 4.98 Å². The number of hydrogen-bond acceptors (Lipinski definition) is 4. The number of hydrogen-bond donors (Lipinski definition) is 0. The first-order valence-corrected chi connectivity index (χ1v) is 7.58. The molecule has 23 heavy (non-hydrogen) atoms. The summed E-state index contributed by atoms with van der Waals surface area (Å²) in [5, 5.41) is 0. The highest BCUT2D eigenvalue weighted by molar-refractivity contribution is 9.10. The first kappa shape index (κ1) is 16.8.